The predicted octanol–water partition coefficient (Wildman–Crippen LogP) is 2.91. The Morgan fingerprint density at radius 1 is 1.13 bits per heavy atom. The third-order valence-corrected chi connectivity index (χ3v) is 5.86. The smallest absolute Gasteiger partial charge is 0.341 e. The Morgan fingerprint density at radius 2 is 1.77 bits per heavy atom. The lowest BCUT2D eigenvalue weighted by Crippen LogP contribution is -2.58. The summed E-state index contributed by atoms with van der Waals surface area (Å²) in [6, 6.07) is 13.0. The van der Waals surface area contributed by atoms with Crippen LogP contribution in [0, 0.1) is 10.1 Å². The highest BCUT2D eigenvalue weighted by Crippen LogP contribution is 2.37. The zero-order chi connectivity index (χ0) is 22.0. The molecule has 2 aromatic carbocycles. The molecule has 0 saturated carbocycles. The fourth-order valence-electron chi connectivity index (χ4n) is 4.15. The Balaban J connectivity index is 1.44. The summed E-state index contributed by atoms with van der Waals surface area (Å²) in [6.45, 7) is 1.25. The molecule has 2 N–H and O–H groups in total. The third kappa shape index (κ3) is 4.09. The Morgan fingerprint density at radius 3 is 2.35 bits per heavy atom. The minimum Gasteiger partial charge on any atom is -0.497 e. The van der Waals surface area contributed by atoms with Crippen LogP contribution in [0.25, 0.3) is 0 Å². The van der Waals surface area contributed by atoms with Gasteiger partial charge in [-0.1, -0.05) is 0 Å². The first-order chi connectivity index (χ1) is 14.9. The number of benzene rings is 2. The van der Waals surface area contributed by atoms with Crippen molar-refractivity contribution in [2.45, 2.75) is 24.8 Å². The van der Waals surface area contributed by atoms with E-state index in [0.29, 0.717) is 37.4 Å². The van der Waals surface area contributed by atoms with Crippen molar-refractivity contribution in [2.75, 3.05) is 30.4 Å². The van der Waals surface area contributed by atoms with Crippen LogP contribution in [0.4, 0.5) is 21.9 Å². The van der Waals surface area contributed by atoms with Gasteiger partial charge in [0.05, 0.1) is 24.0 Å². The minimum atomic E-state index is -0.606. The molecular weight excluding hydrogens is 402 g/mol. The molecule has 0 aliphatic carbocycles. The summed E-state index contributed by atoms with van der Waals surface area (Å²) in [4.78, 5) is 37.7. The normalized spacial score (nSPS) is 17.4. The number of carbonyl (C=O) groups is 2. The van der Waals surface area contributed by atoms with Crippen LogP contribution in [0.2, 0.25) is 0 Å². The van der Waals surface area contributed by atoms with Crippen LogP contribution in [0.1, 0.15) is 19.3 Å². The number of nitro groups is 1. The number of rotatable bonds is 4. The van der Waals surface area contributed by atoms with Crippen molar-refractivity contribution in [2.24, 2.45) is 0 Å². The van der Waals surface area contributed by atoms with E-state index in [1.54, 1.807) is 43.5 Å². The zero-order valence-electron chi connectivity index (χ0n) is 17.0. The van der Waals surface area contributed by atoms with Gasteiger partial charge >= 0.3 is 6.03 Å². The number of carbonyl (C=O) groups excluding carboxylic acids is 2. The van der Waals surface area contributed by atoms with Crippen molar-refractivity contribution < 1.29 is 19.2 Å². The van der Waals surface area contributed by atoms with Gasteiger partial charge in [0.1, 0.15) is 5.75 Å². The number of amides is 3. The molecule has 2 aliphatic heterocycles. The van der Waals surface area contributed by atoms with Crippen molar-refractivity contribution in [3.63, 3.8) is 0 Å². The number of nitro benzene ring substituents is 1. The molecule has 2 aromatic rings. The molecule has 2 fully saturated rings. The lowest BCUT2D eigenvalue weighted by atomic mass is 9.84. The van der Waals surface area contributed by atoms with Gasteiger partial charge in [-0.2, -0.15) is 0 Å². The number of piperidine rings is 1. The van der Waals surface area contributed by atoms with Crippen LogP contribution >= 0.6 is 0 Å². The van der Waals surface area contributed by atoms with E-state index in [1.807, 2.05) is 0 Å². The quantitative estimate of drug-likeness (QED) is 0.575. The summed E-state index contributed by atoms with van der Waals surface area (Å²) in [6.07, 6.45) is 1.44. The molecule has 10 heteroatoms. The topological polar surface area (TPSA) is 117 Å². The summed E-state index contributed by atoms with van der Waals surface area (Å²) in [7, 11) is 1.57. The number of hydrogen-bond acceptors (Lipinski definition) is 6. The van der Waals surface area contributed by atoms with Crippen LogP contribution in [-0.4, -0.2) is 47.6 Å². The third-order valence-electron chi connectivity index (χ3n) is 5.86. The van der Waals surface area contributed by atoms with Gasteiger partial charge in [-0.15, -0.1) is 0 Å². The number of hydrogen-bond donors (Lipinski definition) is 2. The van der Waals surface area contributed by atoms with Gasteiger partial charge in [0, 0.05) is 36.6 Å². The molecule has 0 bridgehead atoms. The maximum Gasteiger partial charge on any atom is 0.341 e. The van der Waals surface area contributed by atoms with Crippen molar-refractivity contribution in [3.8, 4) is 5.75 Å². The van der Waals surface area contributed by atoms with E-state index in [9.17, 15) is 19.7 Å². The monoisotopic (exact) mass is 425 g/mol. The van der Waals surface area contributed by atoms with Gasteiger partial charge in [0.25, 0.3) is 5.69 Å². The van der Waals surface area contributed by atoms with Gasteiger partial charge in [-0.25, -0.2) is 9.80 Å². The number of methoxy groups -OCH3 is 1. The van der Waals surface area contributed by atoms with Gasteiger partial charge < -0.3 is 15.0 Å². The molecule has 2 heterocycles. The van der Waals surface area contributed by atoms with E-state index >= 15 is 0 Å². The number of anilines is 2. The highest BCUT2D eigenvalue weighted by atomic mass is 16.6. The van der Waals surface area contributed by atoms with E-state index < -0.39 is 10.5 Å². The molecule has 3 amide bonds. The number of ether oxygens (including phenoxy) is 1. The molecule has 1 spiro atoms. The molecule has 0 unspecified atom stereocenters. The fraction of sp³-hybridized carbons (Fsp3) is 0.333. The Kier molecular flexibility index (Phi) is 5.37. The first-order valence-electron chi connectivity index (χ1n) is 9.94. The summed E-state index contributed by atoms with van der Waals surface area (Å²) < 4.78 is 5.12. The van der Waals surface area contributed by atoms with Crippen LogP contribution in [0.3, 0.4) is 0 Å². The van der Waals surface area contributed by atoms with E-state index in [0.717, 1.165) is 5.69 Å². The molecule has 2 aliphatic rings. The fourth-order valence-corrected chi connectivity index (χ4v) is 4.15. The van der Waals surface area contributed by atoms with Gasteiger partial charge in [0.15, 0.2) is 0 Å². The number of nitrogens with zero attached hydrogens (tertiary/aromatic N) is 3. The van der Waals surface area contributed by atoms with E-state index in [-0.39, 0.29) is 24.0 Å². The SMILES string of the molecule is COc1ccc(NC(=O)N2NC(=O)CC23CCN(c2ccc([N+](=O)[O-])cc2)CC3)cc1. The molecule has 162 valence electrons. The highest BCUT2D eigenvalue weighted by molar-refractivity contribution is 5.94. The van der Waals surface area contributed by atoms with Crippen molar-refractivity contribution in [1.29, 1.82) is 0 Å². The van der Waals surface area contributed by atoms with E-state index in [2.05, 4.69) is 15.6 Å². The second-order valence-corrected chi connectivity index (χ2v) is 7.69. The first kappa shape index (κ1) is 20.5. The number of urea groups is 1. The van der Waals surface area contributed by atoms with Gasteiger partial charge in [-0.05, 0) is 49.2 Å². The molecular formula is C21H23N5O5. The molecule has 0 radical (unpaired) electrons. The van der Waals surface area contributed by atoms with E-state index in [4.69, 9.17) is 4.74 Å². The second-order valence-electron chi connectivity index (χ2n) is 7.69. The van der Waals surface area contributed by atoms with Crippen molar-refractivity contribution in [1.82, 2.24) is 10.4 Å². The number of hydrazine groups is 1. The van der Waals surface area contributed by atoms with Crippen LogP contribution in [0.5, 0.6) is 5.75 Å². The summed E-state index contributed by atoms with van der Waals surface area (Å²) in [5.74, 6) is 0.497. The standard InChI is InChI=1S/C21H23N5O5/c1-31-18-8-2-15(3-9-18)22-20(28)25-21(14-19(27)23-25)10-12-24(13-11-21)16-4-6-17(7-5-16)26(29)30/h2-9H,10-14H2,1H3,(H,22,28)(H,23,27). The molecule has 2 saturated heterocycles. The molecule has 0 aromatic heterocycles. The zero-order valence-corrected chi connectivity index (χ0v) is 17.0. The van der Waals surface area contributed by atoms with Gasteiger partial charge in [-0.3, -0.25) is 20.3 Å². The highest BCUT2D eigenvalue weighted by Gasteiger charge is 2.49. The average Bonchev–Trinajstić information content (AvgIpc) is 3.10. The molecule has 31 heavy (non-hydrogen) atoms. The predicted molar refractivity (Wildman–Crippen MR) is 114 cm³/mol. The minimum absolute atomic E-state index is 0.0456. The Bertz CT molecular complexity index is 984. The molecule has 4 rings (SSSR count). The maximum atomic E-state index is 12.9. The summed E-state index contributed by atoms with van der Waals surface area (Å²) in [5, 5.41) is 15.1. The largest absolute Gasteiger partial charge is 0.497 e. The second kappa shape index (κ2) is 8.13. The van der Waals surface area contributed by atoms with Gasteiger partial charge in [0.2, 0.25) is 5.91 Å². The molecule has 10 nitrogen and oxygen atoms in total. The number of non-ortho nitro benzene ring substituents is 1. The summed E-state index contributed by atoms with van der Waals surface area (Å²) >= 11 is 0. The van der Waals surface area contributed by atoms with Crippen LogP contribution in [0.15, 0.2) is 48.5 Å². The van der Waals surface area contributed by atoms with E-state index in [1.165, 1.54) is 17.1 Å². The van der Waals surface area contributed by atoms with Crippen LogP contribution < -0.4 is 20.4 Å². The van der Waals surface area contributed by atoms with Crippen molar-refractivity contribution >= 4 is 29.0 Å². The summed E-state index contributed by atoms with van der Waals surface area (Å²) in [5.41, 5.74) is 3.62. The Hall–Kier alpha value is -3.82. The maximum absolute atomic E-state index is 12.9. The molecule has 0 atom stereocenters. The number of nitrogens with one attached hydrogen (secondary N) is 2. The lowest BCUT2D eigenvalue weighted by molar-refractivity contribution is -0.384. The van der Waals surface area contributed by atoms with Crippen LogP contribution in [-0.2, 0) is 4.79 Å². The first-order valence-corrected chi connectivity index (χ1v) is 9.94. The lowest BCUT2D eigenvalue weighted by Gasteiger charge is -2.43. The van der Waals surface area contributed by atoms with Crippen molar-refractivity contribution in [3.05, 3.63) is 58.6 Å². The Labute approximate surface area is 178 Å². The average molecular weight is 425 g/mol.